The molecule has 0 aliphatic carbocycles. The second-order valence-electron chi connectivity index (χ2n) is 5.84. The molecule has 7 nitrogen and oxygen atoms in total. The number of nitro groups is 1. The zero-order valence-corrected chi connectivity index (χ0v) is 12.4. The third-order valence-electron chi connectivity index (χ3n) is 3.00. The summed E-state index contributed by atoms with van der Waals surface area (Å²) in [7, 11) is 1.38. The molecule has 2 rings (SSSR count). The quantitative estimate of drug-likeness (QED) is 0.394. The van der Waals surface area contributed by atoms with E-state index in [-0.39, 0.29) is 23.4 Å². The van der Waals surface area contributed by atoms with Crippen LogP contribution in [0.15, 0.2) is 18.2 Å². The number of methoxy groups -OCH3 is 1. The standard InChI is InChI=1S/C14H18N2O5/c1-14(2,3)21-13(17)12-11(15-12)8-5-6-10(20-4)9(7-8)16(18)19/h5-7,11-12,15H,1-4H3/t11-,12+/m0/s1. The van der Waals surface area contributed by atoms with Gasteiger partial charge < -0.3 is 9.47 Å². The topological polar surface area (TPSA) is 101 Å². The van der Waals surface area contributed by atoms with Gasteiger partial charge in [0.25, 0.3) is 0 Å². The maximum atomic E-state index is 11.9. The second kappa shape index (κ2) is 5.33. The largest absolute Gasteiger partial charge is 0.490 e. The van der Waals surface area contributed by atoms with Crippen LogP contribution in [0.3, 0.4) is 0 Å². The lowest BCUT2D eigenvalue weighted by Gasteiger charge is -2.19. The van der Waals surface area contributed by atoms with Crippen LogP contribution in [-0.2, 0) is 9.53 Å². The average molecular weight is 294 g/mol. The molecule has 114 valence electrons. The van der Waals surface area contributed by atoms with Crippen molar-refractivity contribution in [1.82, 2.24) is 5.32 Å². The number of nitrogens with zero attached hydrogens (tertiary/aromatic N) is 1. The van der Waals surface area contributed by atoms with E-state index < -0.39 is 16.6 Å². The van der Waals surface area contributed by atoms with Gasteiger partial charge in [0.15, 0.2) is 5.75 Å². The highest BCUT2D eigenvalue weighted by Crippen LogP contribution is 2.36. The van der Waals surface area contributed by atoms with Crippen LogP contribution in [0.2, 0.25) is 0 Å². The number of rotatable bonds is 4. The molecule has 0 amide bonds. The van der Waals surface area contributed by atoms with Crippen molar-refractivity contribution < 1.29 is 19.2 Å². The molecule has 0 unspecified atom stereocenters. The minimum Gasteiger partial charge on any atom is -0.490 e. The first-order chi connectivity index (χ1) is 9.73. The third-order valence-corrected chi connectivity index (χ3v) is 3.00. The molecule has 1 saturated heterocycles. The molecule has 1 aromatic carbocycles. The average Bonchev–Trinajstić information content (AvgIpc) is 3.16. The summed E-state index contributed by atoms with van der Waals surface area (Å²) in [5.41, 5.74) is -0.0114. The maximum absolute atomic E-state index is 11.9. The Morgan fingerprint density at radius 1 is 1.38 bits per heavy atom. The van der Waals surface area contributed by atoms with Gasteiger partial charge in [0.2, 0.25) is 0 Å². The van der Waals surface area contributed by atoms with Gasteiger partial charge in [0, 0.05) is 6.07 Å². The van der Waals surface area contributed by atoms with Crippen molar-refractivity contribution in [3.63, 3.8) is 0 Å². The first kappa shape index (κ1) is 15.2. The monoisotopic (exact) mass is 294 g/mol. The number of ether oxygens (including phenoxy) is 2. The Labute approximate surface area is 122 Å². The van der Waals surface area contributed by atoms with E-state index in [4.69, 9.17) is 9.47 Å². The van der Waals surface area contributed by atoms with Gasteiger partial charge in [-0.05, 0) is 32.4 Å². The van der Waals surface area contributed by atoms with Crippen molar-refractivity contribution in [3.05, 3.63) is 33.9 Å². The number of benzene rings is 1. The number of carbonyl (C=O) groups is 1. The summed E-state index contributed by atoms with van der Waals surface area (Å²) in [4.78, 5) is 22.4. The highest BCUT2D eigenvalue weighted by atomic mass is 16.6. The zero-order valence-electron chi connectivity index (χ0n) is 12.4. The molecular weight excluding hydrogens is 276 g/mol. The minimum atomic E-state index is -0.558. The molecular formula is C14H18N2O5. The van der Waals surface area contributed by atoms with Crippen LogP contribution >= 0.6 is 0 Å². The molecule has 0 radical (unpaired) electrons. The molecule has 1 N–H and O–H groups in total. The van der Waals surface area contributed by atoms with E-state index in [1.54, 1.807) is 26.8 Å². The summed E-state index contributed by atoms with van der Waals surface area (Å²) in [5, 5.41) is 14.0. The lowest BCUT2D eigenvalue weighted by Crippen LogP contribution is -2.27. The molecule has 1 fully saturated rings. The number of carbonyl (C=O) groups excluding carboxylic acids is 1. The maximum Gasteiger partial charge on any atom is 0.325 e. The second-order valence-corrected chi connectivity index (χ2v) is 5.84. The van der Waals surface area contributed by atoms with Crippen molar-refractivity contribution in [2.24, 2.45) is 0 Å². The molecule has 21 heavy (non-hydrogen) atoms. The van der Waals surface area contributed by atoms with Crippen LogP contribution < -0.4 is 10.1 Å². The van der Waals surface area contributed by atoms with Crippen molar-refractivity contribution in [2.45, 2.75) is 38.5 Å². The van der Waals surface area contributed by atoms with Gasteiger partial charge in [0.1, 0.15) is 11.6 Å². The SMILES string of the molecule is COc1ccc([C@@H]2N[C@H]2C(=O)OC(C)(C)C)cc1[N+](=O)[O-]. The molecule has 1 heterocycles. The van der Waals surface area contributed by atoms with Crippen molar-refractivity contribution in [3.8, 4) is 5.75 Å². The number of esters is 1. The van der Waals surface area contributed by atoms with Crippen LogP contribution in [0.4, 0.5) is 5.69 Å². The van der Waals surface area contributed by atoms with Crippen molar-refractivity contribution >= 4 is 11.7 Å². The Morgan fingerprint density at radius 2 is 2.05 bits per heavy atom. The van der Waals surface area contributed by atoms with Crippen molar-refractivity contribution in [1.29, 1.82) is 0 Å². The van der Waals surface area contributed by atoms with Gasteiger partial charge in [-0.25, -0.2) is 0 Å². The summed E-state index contributed by atoms with van der Waals surface area (Å²) in [5.74, 6) is -0.163. The van der Waals surface area contributed by atoms with Crippen LogP contribution in [-0.4, -0.2) is 29.6 Å². The highest BCUT2D eigenvalue weighted by molar-refractivity contribution is 5.81. The number of hydrogen-bond acceptors (Lipinski definition) is 6. The Morgan fingerprint density at radius 3 is 2.57 bits per heavy atom. The van der Waals surface area contributed by atoms with E-state index in [0.29, 0.717) is 5.56 Å². The molecule has 0 aromatic heterocycles. The number of nitrogens with one attached hydrogen (secondary N) is 1. The Bertz CT molecular complexity index is 579. The fourth-order valence-corrected chi connectivity index (χ4v) is 2.04. The van der Waals surface area contributed by atoms with Gasteiger partial charge in [-0.2, -0.15) is 0 Å². The van der Waals surface area contributed by atoms with E-state index in [1.807, 2.05) is 0 Å². The lowest BCUT2D eigenvalue weighted by molar-refractivity contribution is -0.385. The van der Waals surface area contributed by atoms with Crippen LogP contribution in [0.1, 0.15) is 32.4 Å². The summed E-state index contributed by atoms with van der Waals surface area (Å²) < 4.78 is 10.2. The van der Waals surface area contributed by atoms with E-state index in [9.17, 15) is 14.9 Å². The zero-order chi connectivity index (χ0) is 15.8. The number of hydrogen-bond donors (Lipinski definition) is 1. The molecule has 0 bridgehead atoms. The van der Waals surface area contributed by atoms with Gasteiger partial charge in [0.05, 0.1) is 18.1 Å². The smallest absolute Gasteiger partial charge is 0.325 e. The predicted molar refractivity (Wildman–Crippen MR) is 75.2 cm³/mol. The molecule has 1 aliphatic heterocycles. The minimum absolute atomic E-state index is 0.119. The molecule has 2 atom stereocenters. The van der Waals surface area contributed by atoms with E-state index in [2.05, 4.69) is 5.32 Å². The van der Waals surface area contributed by atoms with E-state index in [1.165, 1.54) is 19.2 Å². The fraction of sp³-hybridized carbons (Fsp3) is 0.500. The van der Waals surface area contributed by atoms with Crippen LogP contribution in [0.25, 0.3) is 0 Å². The lowest BCUT2D eigenvalue weighted by atomic mass is 10.1. The Kier molecular flexibility index (Phi) is 3.87. The summed E-state index contributed by atoms with van der Waals surface area (Å²) >= 11 is 0. The van der Waals surface area contributed by atoms with E-state index in [0.717, 1.165) is 0 Å². The molecule has 0 spiro atoms. The van der Waals surface area contributed by atoms with Gasteiger partial charge >= 0.3 is 11.7 Å². The summed E-state index contributed by atoms with van der Waals surface area (Å²) in [6.07, 6.45) is 0. The fourth-order valence-electron chi connectivity index (χ4n) is 2.04. The first-order valence-corrected chi connectivity index (χ1v) is 6.54. The molecule has 1 aliphatic rings. The summed E-state index contributed by atoms with van der Waals surface area (Å²) in [6.45, 7) is 5.38. The molecule has 1 aromatic rings. The van der Waals surface area contributed by atoms with Gasteiger partial charge in [-0.15, -0.1) is 0 Å². The van der Waals surface area contributed by atoms with Crippen LogP contribution in [0, 0.1) is 10.1 Å². The summed E-state index contributed by atoms with van der Waals surface area (Å²) in [6, 6.07) is 3.93. The van der Waals surface area contributed by atoms with Gasteiger partial charge in [-0.1, -0.05) is 6.07 Å². The predicted octanol–water partition coefficient (Wildman–Crippen LogP) is 1.96. The van der Waals surface area contributed by atoms with Crippen LogP contribution in [0.5, 0.6) is 5.75 Å². The Balaban J connectivity index is 2.13. The van der Waals surface area contributed by atoms with Gasteiger partial charge in [-0.3, -0.25) is 20.2 Å². The normalized spacial score (nSPS) is 20.8. The highest BCUT2D eigenvalue weighted by Gasteiger charge is 2.46. The van der Waals surface area contributed by atoms with Crippen molar-refractivity contribution in [2.75, 3.05) is 7.11 Å². The molecule has 7 heteroatoms. The Hall–Kier alpha value is -2.15. The van der Waals surface area contributed by atoms with E-state index >= 15 is 0 Å². The number of nitro benzene ring substituents is 1. The molecule has 0 saturated carbocycles. The third kappa shape index (κ3) is 3.49. The first-order valence-electron chi connectivity index (χ1n) is 6.54.